The largest absolute Gasteiger partial charge is 0.777 e. The average molecular weight is 313 g/mol. The molecule has 0 amide bonds. The minimum absolute atomic E-state index is 0.0337. The van der Waals surface area contributed by atoms with Crippen LogP contribution in [0.15, 0.2) is 6.33 Å². The van der Waals surface area contributed by atoms with Crippen molar-refractivity contribution in [1.29, 1.82) is 0 Å². The zero-order valence-corrected chi connectivity index (χ0v) is 11.8. The molecule has 0 aromatic carbocycles. The van der Waals surface area contributed by atoms with Crippen molar-refractivity contribution < 1.29 is 19.1 Å². The van der Waals surface area contributed by atoms with Gasteiger partial charge in [-0.05, 0) is 12.8 Å². The molecule has 5 N–H and O–H groups in total. The number of nitrogen functional groups attached to an aromatic ring is 2. The van der Waals surface area contributed by atoms with Gasteiger partial charge in [0.25, 0.3) is 0 Å². The van der Waals surface area contributed by atoms with Crippen molar-refractivity contribution in [3.63, 3.8) is 0 Å². The summed E-state index contributed by atoms with van der Waals surface area (Å²) in [6.45, 7) is 0.336. The topological polar surface area (TPSA) is 165 Å². The number of rotatable bonds is 3. The molecule has 0 radical (unpaired) electrons. The number of hydrogen-bond donors (Lipinski definition) is 3. The molecule has 1 aliphatic heterocycles. The van der Waals surface area contributed by atoms with Crippen LogP contribution in [0.1, 0.15) is 12.8 Å². The van der Waals surface area contributed by atoms with E-state index in [0.717, 1.165) is 0 Å². The van der Waals surface area contributed by atoms with Crippen molar-refractivity contribution >= 4 is 30.5 Å². The van der Waals surface area contributed by atoms with Gasteiger partial charge in [-0.15, -0.1) is 0 Å². The summed E-state index contributed by atoms with van der Waals surface area (Å²) in [7, 11) is -4.47. The lowest BCUT2D eigenvalue weighted by molar-refractivity contribution is -0.204. The van der Waals surface area contributed by atoms with Gasteiger partial charge in [0.2, 0.25) is 5.95 Å². The predicted octanol–water partition coefficient (Wildman–Crippen LogP) is -0.959. The Hall–Kier alpha value is -1.74. The standard InChI is InChI=1S/C10H15N6O4P/c11-8-7-9(15-10(12)14-8)16(4-13-7)3-5-1-2-6(20-5)21(17,18)19/h4-6H,1-3H2,(H2,17,18,19)(H4,11,12,14,15)/p-1/t5-,6?/m0/s1. The van der Waals surface area contributed by atoms with Crippen LogP contribution in [0.2, 0.25) is 0 Å². The Bertz CT molecular complexity index is 728. The third-order valence-electron chi connectivity index (χ3n) is 3.36. The Labute approximate surface area is 119 Å². The lowest BCUT2D eigenvalue weighted by Crippen LogP contribution is -2.20. The first-order valence-electron chi connectivity index (χ1n) is 6.27. The molecule has 3 rings (SSSR count). The highest BCUT2D eigenvalue weighted by molar-refractivity contribution is 7.50. The molecular formula is C10H14N6O4P-. The van der Waals surface area contributed by atoms with E-state index < -0.39 is 13.4 Å². The van der Waals surface area contributed by atoms with Crippen molar-refractivity contribution in [1.82, 2.24) is 19.5 Å². The summed E-state index contributed by atoms with van der Waals surface area (Å²) in [6, 6.07) is 0. The first-order valence-corrected chi connectivity index (χ1v) is 7.92. The van der Waals surface area contributed by atoms with E-state index in [1.807, 2.05) is 0 Å². The molecule has 114 valence electrons. The predicted molar refractivity (Wildman–Crippen MR) is 71.9 cm³/mol. The van der Waals surface area contributed by atoms with E-state index >= 15 is 0 Å². The Morgan fingerprint density at radius 2 is 2.24 bits per heavy atom. The highest BCUT2D eigenvalue weighted by atomic mass is 31.2. The quantitative estimate of drug-likeness (QED) is 0.605. The number of nitrogens with zero attached hydrogens (tertiary/aromatic N) is 4. The lowest BCUT2D eigenvalue weighted by Gasteiger charge is -2.23. The number of hydrogen-bond acceptors (Lipinski definition) is 8. The smallest absolute Gasteiger partial charge is 0.224 e. The third kappa shape index (κ3) is 2.70. The molecule has 0 spiro atoms. The van der Waals surface area contributed by atoms with Crippen LogP contribution in [0, 0.1) is 0 Å². The molecule has 21 heavy (non-hydrogen) atoms. The van der Waals surface area contributed by atoms with Gasteiger partial charge in [0.1, 0.15) is 11.4 Å². The Morgan fingerprint density at radius 1 is 1.48 bits per heavy atom. The van der Waals surface area contributed by atoms with E-state index in [1.54, 1.807) is 4.57 Å². The van der Waals surface area contributed by atoms with Crippen molar-refractivity contribution in [2.45, 2.75) is 31.3 Å². The first kappa shape index (κ1) is 14.2. The summed E-state index contributed by atoms with van der Waals surface area (Å²) in [5, 5.41) is 0. The molecule has 2 aromatic heterocycles. The van der Waals surface area contributed by atoms with Crippen LogP contribution in [0.5, 0.6) is 0 Å². The van der Waals surface area contributed by atoms with E-state index in [2.05, 4.69) is 15.0 Å². The molecule has 1 fully saturated rings. The third-order valence-corrected chi connectivity index (χ3v) is 4.47. The van der Waals surface area contributed by atoms with Crippen LogP contribution in [0.4, 0.5) is 11.8 Å². The second kappa shape index (κ2) is 4.92. The summed E-state index contributed by atoms with van der Waals surface area (Å²) in [4.78, 5) is 32.1. The second-order valence-electron chi connectivity index (χ2n) is 4.89. The minimum atomic E-state index is -4.47. The monoisotopic (exact) mass is 313 g/mol. The van der Waals surface area contributed by atoms with Crippen molar-refractivity contribution in [2.75, 3.05) is 11.5 Å². The van der Waals surface area contributed by atoms with Crippen LogP contribution in [-0.4, -0.2) is 36.4 Å². The molecular weight excluding hydrogens is 299 g/mol. The van der Waals surface area contributed by atoms with Gasteiger partial charge >= 0.3 is 0 Å². The van der Waals surface area contributed by atoms with Crippen molar-refractivity contribution in [3.8, 4) is 0 Å². The number of fused-ring (bicyclic) bond motifs is 1. The van der Waals surface area contributed by atoms with E-state index in [1.165, 1.54) is 6.33 Å². The van der Waals surface area contributed by atoms with Gasteiger partial charge in [-0.3, -0.25) is 0 Å². The SMILES string of the molecule is Nc1nc(N)c2ncn(C[C@@H]3CCC(P(=O)([O-])O)O3)c2n1. The van der Waals surface area contributed by atoms with Gasteiger partial charge in [-0.2, -0.15) is 9.97 Å². The maximum absolute atomic E-state index is 11.1. The minimum Gasteiger partial charge on any atom is -0.777 e. The second-order valence-corrected chi connectivity index (χ2v) is 6.59. The summed E-state index contributed by atoms with van der Waals surface area (Å²) in [5.74, 6) is -0.936. The summed E-state index contributed by atoms with van der Waals surface area (Å²) in [5.41, 5.74) is 12.1. The summed E-state index contributed by atoms with van der Waals surface area (Å²) in [6.07, 6.45) is 1.92. The fourth-order valence-electron chi connectivity index (χ4n) is 2.40. The fourth-order valence-corrected chi connectivity index (χ4v) is 3.20. The number of anilines is 2. The highest BCUT2D eigenvalue weighted by Gasteiger charge is 2.32. The van der Waals surface area contributed by atoms with Gasteiger partial charge < -0.3 is 35.1 Å². The first-order chi connectivity index (χ1) is 9.84. The molecule has 11 heteroatoms. The number of imidazole rings is 1. The van der Waals surface area contributed by atoms with E-state index in [0.29, 0.717) is 24.1 Å². The van der Waals surface area contributed by atoms with E-state index in [-0.39, 0.29) is 24.3 Å². The Kier molecular flexibility index (Phi) is 3.33. The highest BCUT2D eigenvalue weighted by Crippen LogP contribution is 2.44. The number of nitrogens with two attached hydrogens (primary N) is 2. The van der Waals surface area contributed by atoms with Crippen LogP contribution in [0.3, 0.4) is 0 Å². The number of aromatic nitrogens is 4. The van der Waals surface area contributed by atoms with Gasteiger partial charge in [0, 0.05) is 0 Å². The zero-order valence-electron chi connectivity index (χ0n) is 10.9. The van der Waals surface area contributed by atoms with Gasteiger partial charge in [-0.25, -0.2) is 4.98 Å². The van der Waals surface area contributed by atoms with E-state index in [4.69, 9.17) is 21.1 Å². The maximum atomic E-state index is 11.1. The van der Waals surface area contributed by atoms with Crippen molar-refractivity contribution in [2.24, 2.45) is 0 Å². The fraction of sp³-hybridized carbons (Fsp3) is 0.500. The normalized spacial score (nSPS) is 25.2. The van der Waals surface area contributed by atoms with Crippen LogP contribution in [0.25, 0.3) is 11.2 Å². The molecule has 0 saturated carbocycles. The zero-order chi connectivity index (χ0) is 15.2. The molecule has 2 unspecified atom stereocenters. The molecule has 3 atom stereocenters. The van der Waals surface area contributed by atoms with Crippen LogP contribution < -0.4 is 16.4 Å². The molecule has 10 nitrogen and oxygen atoms in total. The molecule has 1 aliphatic rings. The average Bonchev–Trinajstić information content (AvgIpc) is 2.97. The van der Waals surface area contributed by atoms with Crippen LogP contribution >= 0.6 is 7.60 Å². The molecule has 3 heterocycles. The molecule has 0 aliphatic carbocycles. The van der Waals surface area contributed by atoms with Crippen LogP contribution in [-0.2, 0) is 15.8 Å². The lowest BCUT2D eigenvalue weighted by atomic mass is 10.2. The van der Waals surface area contributed by atoms with Gasteiger partial charge in [-0.1, -0.05) is 0 Å². The summed E-state index contributed by atoms with van der Waals surface area (Å²) < 4.78 is 18.1. The van der Waals surface area contributed by atoms with Crippen molar-refractivity contribution in [3.05, 3.63) is 6.33 Å². The van der Waals surface area contributed by atoms with Gasteiger partial charge in [0.15, 0.2) is 19.1 Å². The van der Waals surface area contributed by atoms with Gasteiger partial charge in [0.05, 0.1) is 19.0 Å². The summed E-state index contributed by atoms with van der Waals surface area (Å²) >= 11 is 0. The molecule has 2 aromatic rings. The Morgan fingerprint density at radius 3 is 2.90 bits per heavy atom. The maximum Gasteiger partial charge on any atom is 0.224 e. The molecule has 1 saturated heterocycles. The Balaban J connectivity index is 1.82. The van der Waals surface area contributed by atoms with E-state index in [9.17, 15) is 9.46 Å². The number of ether oxygens (including phenoxy) is 1. The molecule has 0 bridgehead atoms.